The highest BCUT2D eigenvalue weighted by atomic mass is 32.1. The van der Waals surface area contributed by atoms with E-state index < -0.39 is 0 Å². The molecule has 6 heteroatoms. The Labute approximate surface area is 58.1 Å². The Balaban J connectivity index is 2.51. The Morgan fingerprint density at radius 2 is 2.50 bits per heavy atom. The topological polar surface area (TPSA) is 44.5 Å². The highest BCUT2D eigenvalue weighted by molar-refractivity contribution is 7.80. The van der Waals surface area contributed by atoms with Crippen LogP contribution in [-0.2, 0) is 0 Å². The van der Waals surface area contributed by atoms with E-state index in [1.807, 2.05) is 0 Å². The Morgan fingerprint density at radius 1 is 1.88 bits per heavy atom. The van der Waals surface area contributed by atoms with Gasteiger partial charge in [-0.3, -0.25) is 10.4 Å². The lowest BCUT2D eigenvalue weighted by atomic mass is 11.0. The molecule has 0 aromatic carbocycles. The molecule has 0 aliphatic carbocycles. The molecule has 1 rings (SSSR count). The Bertz CT molecular complexity index is 115. The van der Waals surface area contributed by atoms with E-state index in [-0.39, 0.29) is 0 Å². The Hall–Kier alpha value is -0.0400. The van der Waals surface area contributed by atoms with Crippen LogP contribution >= 0.6 is 25.0 Å². The van der Waals surface area contributed by atoms with E-state index in [9.17, 15) is 0 Å². The van der Waals surface area contributed by atoms with Gasteiger partial charge in [0, 0.05) is 0 Å². The second-order valence-corrected chi connectivity index (χ2v) is 2.30. The molecule has 0 bridgehead atoms. The summed E-state index contributed by atoms with van der Waals surface area (Å²) in [5.74, 6) is 5.31. The van der Waals surface area contributed by atoms with Crippen LogP contribution in [-0.4, -0.2) is 21.2 Å². The van der Waals surface area contributed by atoms with Crippen molar-refractivity contribution >= 4 is 30.1 Å². The molecule has 0 atom stereocenters. The quantitative estimate of drug-likeness (QED) is 0.236. The number of nitrogens with one attached hydrogen (secondary N) is 1. The summed E-state index contributed by atoms with van der Waals surface area (Å²) in [6.07, 6.45) is 0. The van der Waals surface area contributed by atoms with Crippen LogP contribution in [0.25, 0.3) is 0 Å². The monoisotopic (exact) mass is 150 g/mol. The largest absolute Gasteiger partial charge is 0.283 e. The molecule has 1 aliphatic rings. The first-order valence-corrected chi connectivity index (χ1v) is 2.80. The highest BCUT2D eigenvalue weighted by Gasteiger charge is 2.16. The molecular formula is C2H6N4S2. The number of hydrogen-bond donors (Lipinski definition) is 3. The van der Waals surface area contributed by atoms with Crippen molar-refractivity contribution in [3.8, 4) is 0 Å². The predicted octanol–water partition coefficient (Wildman–Crippen LogP) is -0.931. The fourth-order valence-electron chi connectivity index (χ4n) is 0.419. The summed E-state index contributed by atoms with van der Waals surface area (Å²) < 4.78 is 1.50. The number of hydrogen-bond acceptors (Lipinski definition) is 4. The third-order valence-electron chi connectivity index (χ3n) is 0.772. The maximum absolute atomic E-state index is 5.31. The van der Waals surface area contributed by atoms with E-state index in [0.717, 1.165) is 0 Å². The first-order chi connectivity index (χ1) is 3.70. The molecule has 0 unspecified atom stereocenters. The first kappa shape index (κ1) is 6.09. The van der Waals surface area contributed by atoms with Crippen LogP contribution in [0.1, 0.15) is 0 Å². The van der Waals surface area contributed by atoms with Gasteiger partial charge >= 0.3 is 0 Å². The van der Waals surface area contributed by atoms with Crippen molar-refractivity contribution in [1.82, 2.24) is 14.8 Å². The molecule has 0 radical (unpaired) electrons. The molecule has 8 heavy (non-hydrogen) atoms. The van der Waals surface area contributed by atoms with E-state index in [4.69, 9.17) is 18.1 Å². The minimum Gasteiger partial charge on any atom is -0.283 e. The number of thiocarbonyl (C=S) groups is 1. The molecule has 0 spiro atoms. The van der Waals surface area contributed by atoms with Crippen molar-refractivity contribution in [1.29, 1.82) is 0 Å². The van der Waals surface area contributed by atoms with E-state index in [0.29, 0.717) is 11.8 Å². The number of nitrogens with zero attached hydrogens (tertiary/aromatic N) is 2. The van der Waals surface area contributed by atoms with Gasteiger partial charge in [0.1, 0.15) is 6.67 Å². The van der Waals surface area contributed by atoms with Gasteiger partial charge in [-0.1, -0.05) is 12.8 Å². The summed E-state index contributed by atoms with van der Waals surface area (Å²) in [6, 6.07) is 0. The van der Waals surface area contributed by atoms with Crippen molar-refractivity contribution < 1.29 is 0 Å². The van der Waals surface area contributed by atoms with Crippen molar-refractivity contribution in [2.24, 2.45) is 5.84 Å². The van der Waals surface area contributed by atoms with E-state index in [1.54, 1.807) is 0 Å². The molecule has 0 amide bonds. The zero-order valence-electron chi connectivity index (χ0n) is 4.03. The SMILES string of the molecule is NN1CN(S)NC1=S. The molecular weight excluding hydrogens is 144 g/mol. The standard InChI is InChI=1S/C2H6N4S2/c3-5-1-6(8)4-2(5)7/h8H,1,3H2,(H,4,7). The minimum atomic E-state index is 0.500. The van der Waals surface area contributed by atoms with Crippen LogP contribution in [0.15, 0.2) is 0 Å². The van der Waals surface area contributed by atoms with Gasteiger partial charge in [-0.25, -0.2) is 5.84 Å². The van der Waals surface area contributed by atoms with Gasteiger partial charge in [0.25, 0.3) is 0 Å². The number of hydrazine groups is 2. The zero-order valence-corrected chi connectivity index (χ0v) is 5.75. The second kappa shape index (κ2) is 2.06. The zero-order chi connectivity index (χ0) is 6.15. The molecule has 1 heterocycles. The fourth-order valence-corrected chi connectivity index (χ4v) is 0.885. The number of rotatable bonds is 0. The highest BCUT2D eigenvalue weighted by Crippen LogP contribution is 1.97. The smallest absolute Gasteiger partial charge is 0.200 e. The summed E-state index contributed by atoms with van der Waals surface area (Å²) in [6.45, 7) is 0.516. The van der Waals surface area contributed by atoms with E-state index in [1.165, 1.54) is 9.42 Å². The van der Waals surface area contributed by atoms with E-state index >= 15 is 0 Å². The van der Waals surface area contributed by atoms with Crippen LogP contribution < -0.4 is 11.3 Å². The molecule has 4 nitrogen and oxygen atoms in total. The summed E-state index contributed by atoms with van der Waals surface area (Å²) in [5, 5.41) is 1.89. The summed E-state index contributed by atoms with van der Waals surface area (Å²) >= 11 is 8.64. The van der Waals surface area contributed by atoms with Gasteiger partial charge in [0.05, 0.1) is 0 Å². The lowest BCUT2D eigenvalue weighted by Crippen LogP contribution is -2.33. The maximum atomic E-state index is 5.31. The van der Waals surface area contributed by atoms with Crippen molar-refractivity contribution in [3.05, 3.63) is 0 Å². The lowest BCUT2D eigenvalue weighted by Gasteiger charge is -2.03. The number of thiol groups is 1. The molecule has 1 saturated heterocycles. The number of nitrogens with two attached hydrogens (primary N) is 1. The summed E-state index contributed by atoms with van der Waals surface area (Å²) in [4.78, 5) is 0. The molecule has 0 aromatic rings. The van der Waals surface area contributed by atoms with Crippen LogP contribution in [0.4, 0.5) is 0 Å². The van der Waals surface area contributed by atoms with Crippen LogP contribution in [0.2, 0.25) is 0 Å². The van der Waals surface area contributed by atoms with Crippen molar-refractivity contribution in [2.45, 2.75) is 0 Å². The van der Waals surface area contributed by atoms with Gasteiger partial charge in [-0.2, -0.15) is 0 Å². The Morgan fingerprint density at radius 3 is 2.62 bits per heavy atom. The van der Waals surface area contributed by atoms with Crippen LogP contribution in [0, 0.1) is 0 Å². The molecule has 46 valence electrons. The minimum absolute atomic E-state index is 0.500. The maximum Gasteiger partial charge on any atom is 0.200 e. The normalized spacial score (nSPS) is 21.8. The van der Waals surface area contributed by atoms with Crippen molar-refractivity contribution in [2.75, 3.05) is 6.67 Å². The van der Waals surface area contributed by atoms with Crippen LogP contribution in [0.3, 0.4) is 0 Å². The van der Waals surface area contributed by atoms with Crippen molar-refractivity contribution in [3.63, 3.8) is 0 Å². The van der Waals surface area contributed by atoms with Gasteiger partial charge in [0.15, 0.2) is 5.11 Å². The first-order valence-electron chi connectivity index (χ1n) is 1.99. The fraction of sp³-hybridized carbons (Fsp3) is 0.500. The predicted molar refractivity (Wildman–Crippen MR) is 37.5 cm³/mol. The molecule has 1 fully saturated rings. The lowest BCUT2D eigenvalue weighted by molar-refractivity contribution is 0.367. The average Bonchev–Trinajstić information content (AvgIpc) is 1.85. The van der Waals surface area contributed by atoms with Gasteiger partial charge in [-0.05, 0) is 12.2 Å². The molecule has 0 aromatic heterocycles. The van der Waals surface area contributed by atoms with Crippen LogP contribution in [0.5, 0.6) is 0 Å². The average molecular weight is 150 g/mol. The Kier molecular flexibility index (Phi) is 1.57. The molecule has 1 aliphatic heterocycles. The third kappa shape index (κ3) is 1.03. The molecule has 0 saturated carbocycles. The van der Waals surface area contributed by atoms with Gasteiger partial charge < -0.3 is 0 Å². The second-order valence-electron chi connectivity index (χ2n) is 1.43. The molecule has 3 N–H and O–H groups in total. The summed E-state index contributed by atoms with van der Waals surface area (Å²) in [5.41, 5.74) is 2.70. The van der Waals surface area contributed by atoms with E-state index in [2.05, 4.69) is 18.2 Å². The summed E-state index contributed by atoms with van der Waals surface area (Å²) in [7, 11) is 0. The van der Waals surface area contributed by atoms with Gasteiger partial charge in [-0.15, -0.1) is 4.41 Å². The third-order valence-corrected chi connectivity index (χ3v) is 1.32. The van der Waals surface area contributed by atoms with Gasteiger partial charge in [0.2, 0.25) is 0 Å².